The maximum absolute atomic E-state index is 13.2. The summed E-state index contributed by atoms with van der Waals surface area (Å²) in [6, 6.07) is 4.10. The minimum absolute atomic E-state index is 0.000834. The van der Waals surface area contributed by atoms with Crippen LogP contribution >= 0.6 is 11.6 Å². The Morgan fingerprint density at radius 1 is 1.20 bits per heavy atom. The van der Waals surface area contributed by atoms with Crippen molar-refractivity contribution in [2.24, 2.45) is 11.8 Å². The number of rotatable bonds is 2. The van der Waals surface area contributed by atoms with Gasteiger partial charge in [-0.2, -0.15) is 0 Å². The first-order chi connectivity index (χ1) is 14.5. The maximum atomic E-state index is 13.2. The van der Waals surface area contributed by atoms with Crippen LogP contribution in [0.1, 0.15) is 19.3 Å². The van der Waals surface area contributed by atoms with Crippen LogP contribution in [0.2, 0.25) is 5.02 Å². The molecule has 0 aromatic heterocycles. The number of piperidine rings is 1. The number of amides is 3. The minimum Gasteiger partial charge on any atom is -0.489 e. The summed E-state index contributed by atoms with van der Waals surface area (Å²) in [4.78, 5) is 28.4. The number of halogens is 2. The molecular formula is C21H25ClFN3O4. The maximum Gasteiger partial charge on any atom is 0.320 e. The van der Waals surface area contributed by atoms with E-state index in [1.807, 2.05) is 9.80 Å². The average molecular weight is 438 g/mol. The van der Waals surface area contributed by atoms with Crippen molar-refractivity contribution >= 4 is 23.5 Å². The lowest BCUT2D eigenvalue weighted by Gasteiger charge is -2.42. The van der Waals surface area contributed by atoms with Crippen molar-refractivity contribution in [2.45, 2.75) is 37.5 Å². The Hall–Kier alpha value is -2.06. The van der Waals surface area contributed by atoms with Crippen LogP contribution in [0.3, 0.4) is 0 Å². The van der Waals surface area contributed by atoms with Gasteiger partial charge >= 0.3 is 6.03 Å². The van der Waals surface area contributed by atoms with Crippen molar-refractivity contribution in [2.75, 3.05) is 32.8 Å². The predicted molar refractivity (Wildman–Crippen MR) is 107 cm³/mol. The molecule has 0 spiro atoms. The summed E-state index contributed by atoms with van der Waals surface area (Å²) in [5.41, 5.74) is 0. The molecule has 7 nitrogen and oxygen atoms in total. The highest BCUT2D eigenvalue weighted by atomic mass is 35.5. The zero-order chi connectivity index (χ0) is 20.8. The van der Waals surface area contributed by atoms with Crippen LogP contribution in [0.15, 0.2) is 18.2 Å². The van der Waals surface area contributed by atoms with Gasteiger partial charge in [-0.1, -0.05) is 11.6 Å². The SMILES string of the molecule is O=C1CO[C@H]2CCN(C(=O)N3CC4CC(Oc5ccc(F)cc5Cl)CC4C3)C[C@H]2N1. The van der Waals surface area contributed by atoms with Crippen LogP contribution < -0.4 is 10.1 Å². The summed E-state index contributed by atoms with van der Waals surface area (Å²) in [6.07, 6.45) is 2.49. The normalized spacial score (nSPS) is 33.1. The van der Waals surface area contributed by atoms with E-state index >= 15 is 0 Å². The number of likely N-dealkylation sites (tertiary alicyclic amines) is 2. The molecule has 1 aromatic carbocycles. The van der Waals surface area contributed by atoms with Crippen molar-refractivity contribution in [3.05, 3.63) is 29.0 Å². The number of carbonyl (C=O) groups excluding carboxylic acids is 2. The molecule has 0 radical (unpaired) electrons. The number of morpholine rings is 1. The molecule has 5 rings (SSSR count). The molecule has 3 aliphatic heterocycles. The van der Waals surface area contributed by atoms with Gasteiger partial charge in [0.15, 0.2) is 0 Å². The van der Waals surface area contributed by atoms with E-state index in [2.05, 4.69) is 5.32 Å². The molecule has 3 heterocycles. The molecule has 162 valence electrons. The van der Waals surface area contributed by atoms with Crippen molar-refractivity contribution < 1.29 is 23.5 Å². The molecular weight excluding hydrogens is 413 g/mol. The second-order valence-electron chi connectivity index (χ2n) is 8.75. The largest absolute Gasteiger partial charge is 0.489 e. The first-order valence-corrected chi connectivity index (χ1v) is 10.9. The van der Waals surface area contributed by atoms with Gasteiger partial charge in [0.1, 0.15) is 18.2 Å². The summed E-state index contributed by atoms with van der Waals surface area (Å²) in [5, 5.41) is 3.23. The van der Waals surface area contributed by atoms with E-state index in [1.54, 1.807) is 6.07 Å². The number of nitrogens with one attached hydrogen (secondary N) is 1. The Kier molecular flexibility index (Phi) is 5.23. The zero-order valence-corrected chi connectivity index (χ0v) is 17.3. The fourth-order valence-electron chi connectivity index (χ4n) is 5.32. The quantitative estimate of drug-likeness (QED) is 0.770. The van der Waals surface area contributed by atoms with E-state index in [1.165, 1.54) is 12.1 Å². The predicted octanol–water partition coefficient (Wildman–Crippen LogP) is 2.28. The highest BCUT2D eigenvalue weighted by Gasteiger charge is 2.45. The molecule has 1 aromatic rings. The van der Waals surface area contributed by atoms with Gasteiger partial charge in [0.2, 0.25) is 5.91 Å². The van der Waals surface area contributed by atoms with E-state index in [4.69, 9.17) is 21.1 Å². The first-order valence-electron chi connectivity index (χ1n) is 10.5. The molecule has 9 heteroatoms. The number of nitrogens with zero attached hydrogens (tertiary/aromatic N) is 2. The molecule has 3 saturated heterocycles. The Labute approximate surface area is 179 Å². The molecule has 1 aliphatic carbocycles. The Morgan fingerprint density at radius 2 is 1.97 bits per heavy atom. The van der Waals surface area contributed by atoms with Gasteiger partial charge in [-0.3, -0.25) is 4.79 Å². The van der Waals surface area contributed by atoms with Crippen molar-refractivity contribution in [3.8, 4) is 5.75 Å². The monoisotopic (exact) mass is 437 g/mol. The smallest absolute Gasteiger partial charge is 0.320 e. The fraction of sp³-hybridized carbons (Fsp3) is 0.619. The van der Waals surface area contributed by atoms with E-state index < -0.39 is 0 Å². The number of urea groups is 1. The lowest BCUT2D eigenvalue weighted by Crippen LogP contribution is -2.62. The first kappa shape index (κ1) is 19.9. The molecule has 30 heavy (non-hydrogen) atoms. The van der Waals surface area contributed by atoms with Crippen molar-refractivity contribution in [3.63, 3.8) is 0 Å². The number of hydrogen-bond donors (Lipinski definition) is 1. The van der Waals surface area contributed by atoms with Crippen LogP contribution in [-0.4, -0.2) is 72.8 Å². The van der Waals surface area contributed by atoms with Crippen LogP contribution in [-0.2, 0) is 9.53 Å². The molecule has 0 bridgehead atoms. The van der Waals surface area contributed by atoms with Crippen LogP contribution in [0.5, 0.6) is 5.75 Å². The summed E-state index contributed by atoms with van der Waals surface area (Å²) in [5.74, 6) is 0.805. The third kappa shape index (κ3) is 3.83. The topological polar surface area (TPSA) is 71.1 Å². The van der Waals surface area contributed by atoms with E-state index in [-0.39, 0.29) is 47.6 Å². The number of fused-ring (bicyclic) bond motifs is 2. The number of carbonyl (C=O) groups is 2. The highest BCUT2D eigenvalue weighted by molar-refractivity contribution is 6.32. The van der Waals surface area contributed by atoms with Crippen LogP contribution in [0.4, 0.5) is 9.18 Å². The second kappa shape index (κ2) is 7.89. The molecule has 3 amide bonds. The molecule has 1 saturated carbocycles. The summed E-state index contributed by atoms with van der Waals surface area (Å²) in [6.45, 7) is 2.69. The highest BCUT2D eigenvalue weighted by Crippen LogP contribution is 2.41. The lowest BCUT2D eigenvalue weighted by molar-refractivity contribution is -0.139. The molecule has 4 aliphatic rings. The third-order valence-corrected chi connectivity index (χ3v) is 7.06. The van der Waals surface area contributed by atoms with Gasteiger partial charge in [-0.15, -0.1) is 0 Å². The number of benzene rings is 1. The average Bonchev–Trinajstić information content (AvgIpc) is 3.27. The Balaban J connectivity index is 1.15. The fourth-order valence-corrected chi connectivity index (χ4v) is 5.53. The Bertz CT molecular complexity index is 842. The zero-order valence-electron chi connectivity index (χ0n) is 16.6. The van der Waals surface area contributed by atoms with Gasteiger partial charge in [-0.05, 0) is 49.3 Å². The van der Waals surface area contributed by atoms with Gasteiger partial charge in [-0.25, -0.2) is 9.18 Å². The summed E-state index contributed by atoms with van der Waals surface area (Å²) >= 11 is 6.08. The summed E-state index contributed by atoms with van der Waals surface area (Å²) < 4.78 is 24.8. The van der Waals surface area contributed by atoms with Gasteiger partial charge in [0.05, 0.1) is 23.3 Å². The van der Waals surface area contributed by atoms with Crippen molar-refractivity contribution in [1.29, 1.82) is 0 Å². The third-order valence-electron chi connectivity index (χ3n) is 6.76. The van der Waals surface area contributed by atoms with Crippen molar-refractivity contribution in [1.82, 2.24) is 15.1 Å². The Morgan fingerprint density at radius 3 is 2.70 bits per heavy atom. The molecule has 4 fully saturated rings. The summed E-state index contributed by atoms with van der Waals surface area (Å²) in [7, 11) is 0. The van der Waals surface area contributed by atoms with E-state index in [0.29, 0.717) is 43.8 Å². The molecule has 4 atom stereocenters. The standard InChI is InChI=1S/C21H25ClFN3O4/c22-16-7-14(23)1-2-18(16)30-15-5-12-8-26(9-13(12)6-15)21(28)25-4-3-19-17(10-25)24-20(27)11-29-19/h1-2,7,12-13,15,17,19H,3-6,8-11H2,(H,24,27)/t12?,13?,15?,17-,19+/m1/s1. The van der Waals surface area contributed by atoms with E-state index in [0.717, 1.165) is 19.3 Å². The van der Waals surface area contributed by atoms with Gasteiger partial charge in [0.25, 0.3) is 0 Å². The van der Waals surface area contributed by atoms with Gasteiger partial charge < -0.3 is 24.6 Å². The number of ether oxygens (including phenoxy) is 2. The lowest BCUT2D eigenvalue weighted by atomic mass is 10.0. The van der Waals surface area contributed by atoms with Crippen LogP contribution in [0, 0.1) is 17.7 Å². The second-order valence-corrected chi connectivity index (χ2v) is 9.16. The molecule has 1 N–H and O–H groups in total. The van der Waals surface area contributed by atoms with E-state index in [9.17, 15) is 14.0 Å². The minimum atomic E-state index is -0.381. The number of hydrogen-bond acceptors (Lipinski definition) is 4. The molecule has 2 unspecified atom stereocenters. The van der Waals surface area contributed by atoms with Gasteiger partial charge in [0, 0.05) is 26.2 Å². The van der Waals surface area contributed by atoms with Crippen LogP contribution in [0.25, 0.3) is 0 Å².